The van der Waals surface area contributed by atoms with Crippen molar-refractivity contribution in [2.45, 2.75) is 6.92 Å². The summed E-state index contributed by atoms with van der Waals surface area (Å²) in [6.07, 6.45) is 3.00. The predicted molar refractivity (Wildman–Crippen MR) is 64.0 cm³/mol. The van der Waals surface area contributed by atoms with E-state index in [9.17, 15) is 0 Å². The second-order valence-corrected chi connectivity index (χ2v) is 3.29. The molecule has 2 aromatic carbocycles. The van der Waals surface area contributed by atoms with Crippen LogP contribution in [-0.2, 0) is 19.5 Å². The Hall–Kier alpha value is -1.27. The van der Waals surface area contributed by atoms with Gasteiger partial charge < -0.3 is 4.99 Å². The molecule has 0 saturated carbocycles. The molecule has 2 rings (SSSR count). The van der Waals surface area contributed by atoms with Gasteiger partial charge in [-0.2, -0.15) is 23.8 Å². The molecule has 1 nitrogen and oxygen atoms in total. The van der Waals surface area contributed by atoms with Crippen molar-refractivity contribution >= 4 is 11.9 Å². The third kappa shape index (κ3) is 3.39. The van der Waals surface area contributed by atoms with Crippen molar-refractivity contribution in [1.29, 1.82) is 0 Å². The third-order valence-corrected chi connectivity index (χ3v) is 2.11. The van der Waals surface area contributed by atoms with Crippen molar-refractivity contribution in [2.24, 2.45) is 4.99 Å². The van der Waals surface area contributed by atoms with Gasteiger partial charge in [0.2, 0.25) is 0 Å². The molecule has 0 bridgehead atoms. The van der Waals surface area contributed by atoms with Gasteiger partial charge in [0.15, 0.2) is 0 Å². The first-order valence-electron chi connectivity index (χ1n) is 4.85. The van der Waals surface area contributed by atoms with E-state index in [1.165, 1.54) is 0 Å². The Bertz CT molecular complexity index is 463. The zero-order chi connectivity index (χ0) is 10.5. The monoisotopic (exact) mass is 297 g/mol. The van der Waals surface area contributed by atoms with Gasteiger partial charge in [-0.25, -0.2) is 6.07 Å². The molecule has 0 spiro atoms. The van der Waals surface area contributed by atoms with Crippen LogP contribution in [0, 0.1) is 13.0 Å². The summed E-state index contributed by atoms with van der Waals surface area (Å²) in [5.41, 5.74) is 2.94. The van der Waals surface area contributed by atoms with Crippen LogP contribution < -0.4 is 0 Å². The molecule has 2 heteroatoms. The number of aliphatic imine (C=N–C) groups is 1. The van der Waals surface area contributed by atoms with Crippen molar-refractivity contribution in [1.82, 2.24) is 0 Å². The summed E-state index contributed by atoms with van der Waals surface area (Å²) in [4.78, 5) is 4.27. The van der Waals surface area contributed by atoms with Crippen LogP contribution >= 0.6 is 0 Å². The summed E-state index contributed by atoms with van der Waals surface area (Å²) in [7, 11) is 0. The molecule has 0 N–H and O–H groups in total. The molecule has 0 aliphatic carbocycles. The van der Waals surface area contributed by atoms with Crippen molar-refractivity contribution in [3.63, 3.8) is 0 Å². The van der Waals surface area contributed by atoms with Crippen molar-refractivity contribution in [2.75, 3.05) is 0 Å². The first-order chi connectivity index (χ1) is 7.36. The topological polar surface area (TPSA) is 12.4 Å². The van der Waals surface area contributed by atoms with Gasteiger partial charge in [-0.15, -0.1) is 35.5 Å². The average Bonchev–Trinajstić information content (AvgIpc) is 2.29. The molecule has 0 aliphatic rings. The van der Waals surface area contributed by atoms with E-state index in [2.05, 4.69) is 17.3 Å². The molecule has 0 amide bonds. The second kappa shape index (κ2) is 6.35. The van der Waals surface area contributed by atoms with Crippen LogP contribution in [0.2, 0.25) is 0 Å². The SMILES string of the molecule is Cc1ccc[c-]c1N=[C-]c1ccccc1.[RhH+2]. The summed E-state index contributed by atoms with van der Waals surface area (Å²) in [5.74, 6) is 0. The quantitative estimate of drug-likeness (QED) is 0.459. The number of benzene rings is 2. The fourth-order valence-electron chi connectivity index (χ4n) is 1.27. The molecule has 0 unspecified atom stereocenters. The van der Waals surface area contributed by atoms with Crippen molar-refractivity contribution in [3.05, 3.63) is 65.7 Å². The van der Waals surface area contributed by atoms with Gasteiger partial charge in [0.05, 0.1) is 0 Å². The molecule has 0 atom stereocenters. The van der Waals surface area contributed by atoms with Crippen LogP contribution in [0.5, 0.6) is 0 Å². The Morgan fingerprint density at radius 1 is 1.06 bits per heavy atom. The van der Waals surface area contributed by atoms with Gasteiger partial charge in [0.1, 0.15) is 0 Å². The molecule has 0 aliphatic heterocycles. The number of rotatable bonds is 2. The molecule has 0 heterocycles. The van der Waals surface area contributed by atoms with Gasteiger partial charge >= 0.3 is 19.5 Å². The maximum absolute atomic E-state index is 4.27. The van der Waals surface area contributed by atoms with Crippen LogP contribution in [0.1, 0.15) is 11.1 Å². The third-order valence-electron chi connectivity index (χ3n) is 2.11. The minimum atomic E-state index is 0. The van der Waals surface area contributed by atoms with Gasteiger partial charge in [0, 0.05) is 0 Å². The van der Waals surface area contributed by atoms with E-state index < -0.39 is 0 Å². The molecule has 0 fully saturated rings. The first kappa shape index (κ1) is 12.8. The van der Waals surface area contributed by atoms with Crippen molar-refractivity contribution < 1.29 is 19.5 Å². The molecular weight excluding hydrogens is 285 g/mol. The Kier molecular flexibility index (Phi) is 5.08. The zero-order valence-corrected chi connectivity index (χ0v) is 10.7. The van der Waals surface area contributed by atoms with Crippen LogP contribution in [0.15, 0.2) is 53.5 Å². The number of para-hydroxylation sites is 1. The Morgan fingerprint density at radius 3 is 2.50 bits per heavy atom. The molecule has 1 radical (unpaired) electrons. The average molecular weight is 297 g/mol. The predicted octanol–water partition coefficient (Wildman–Crippen LogP) is 3.15. The van der Waals surface area contributed by atoms with Crippen LogP contribution in [0.25, 0.3) is 0 Å². The van der Waals surface area contributed by atoms with Crippen LogP contribution in [-0.4, -0.2) is 6.21 Å². The maximum atomic E-state index is 4.27. The molecule has 0 aromatic heterocycles. The van der Waals surface area contributed by atoms with E-state index >= 15 is 0 Å². The normalized spacial score (nSPS) is 10.1. The second-order valence-electron chi connectivity index (χ2n) is 3.29. The van der Waals surface area contributed by atoms with Gasteiger partial charge in [-0.3, -0.25) is 0 Å². The van der Waals surface area contributed by atoms with E-state index in [-0.39, 0.29) is 19.5 Å². The van der Waals surface area contributed by atoms with Gasteiger partial charge in [-0.05, 0) is 6.21 Å². The van der Waals surface area contributed by atoms with E-state index in [1.54, 1.807) is 0 Å². The fourth-order valence-corrected chi connectivity index (χ4v) is 1.27. The Balaban J connectivity index is 0.00000128. The zero-order valence-electron chi connectivity index (χ0n) is 8.92. The number of nitrogens with zero attached hydrogens (tertiary/aromatic N) is 1. The molecule has 0 saturated heterocycles. The number of aryl methyl sites for hydroxylation is 1. The Morgan fingerprint density at radius 2 is 1.81 bits per heavy atom. The fraction of sp³-hybridized carbons (Fsp3) is 0.0714. The van der Waals surface area contributed by atoms with Crippen LogP contribution in [0.3, 0.4) is 0 Å². The Labute approximate surface area is 109 Å². The van der Waals surface area contributed by atoms with E-state index in [0.29, 0.717) is 0 Å². The molecule has 82 valence electrons. The van der Waals surface area contributed by atoms with Crippen molar-refractivity contribution in [3.8, 4) is 0 Å². The van der Waals surface area contributed by atoms with Gasteiger partial charge in [0.25, 0.3) is 0 Å². The first-order valence-corrected chi connectivity index (χ1v) is 4.85. The number of hydrogen-bond acceptors (Lipinski definition) is 1. The summed E-state index contributed by atoms with van der Waals surface area (Å²) >= 11 is 0. The molecule has 16 heavy (non-hydrogen) atoms. The minimum absolute atomic E-state index is 0. The van der Waals surface area contributed by atoms with E-state index in [0.717, 1.165) is 16.8 Å². The summed E-state index contributed by atoms with van der Waals surface area (Å²) < 4.78 is 0. The van der Waals surface area contributed by atoms with Crippen LogP contribution in [0.4, 0.5) is 5.69 Å². The van der Waals surface area contributed by atoms with E-state index in [4.69, 9.17) is 0 Å². The summed E-state index contributed by atoms with van der Waals surface area (Å²) in [6.45, 7) is 2.02. The molecule has 2 aromatic rings. The molecular formula is C14H12NRh. The van der Waals surface area contributed by atoms with E-state index in [1.807, 2.05) is 55.5 Å². The van der Waals surface area contributed by atoms with Gasteiger partial charge in [-0.1, -0.05) is 13.0 Å². The standard InChI is InChI=1S/C14H11N.Rh.H/c1-12-7-5-6-10-14(12)15-11-13-8-3-2-4-9-13;;/h2-9H,1H3;;/q-2;+2;. The summed E-state index contributed by atoms with van der Waals surface area (Å²) in [5, 5.41) is 0. The summed E-state index contributed by atoms with van der Waals surface area (Å²) in [6, 6.07) is 18.8. The number of hydrogen-bond donors (Lipinski definition) is 0.